The number of fused-ring (bicyclic) bond motifs is 1. The van der Waals surface area contributed by atoms with E-state index in [2.05, 4.69) is 10.3 Å². The Morgan fingerprint density at radius 1 is 1.06 bits per heavy atom. The highest BCUT2D eigenvalue weighted by molar-refractivity contribution is 6.31. The molecule has 6 nitrogen and oxygen atoms in total. The average molecular weight is 437 g/mol. The maximum atomic E-state index is 12.5. The average Bonchev–Trinajstić information content (AvgIpc) is 3.20. The Bertz CT molecular complexity index is 1190. The van der Waals surface area contributed by atoms with E-state index in [1.165, 1.54) is 0 Å². The Morgan fingerprint density at radius 3 is 2.65 bits per heavy atom. The van der Waals surface area contributed by atoms with Gasteiger partial charge in [0.05, 0.1) is 25.0 Å². The molecule has 7 heteroatoms. The van der Waals surface area contributed by atoms with Crippen LogP contribution in [0.3, 0.4) is 0 Å². The number of aromatic nitrogens is 1. The van der Waals surface area contributed by atoms with Crippen LogP contribution in [0.15, 0.2) is 71.1 Å². The molecule has 3 aromatic carbocycles. The number of methoxy groups -OCH3 is 1. The lowest BCUT2D eigenvalue weighted by molar-refractivity contribution is -0.116. The summed E-state index contributed by atoms with van der Waals surface area (Å²) in [7, 11) is 1.62. The second-order valence-corrected chi connectivity index (χ2v) is 7.29. The number of ether oxygens (including phenoxy) is 2. The number of carbonyl (C=O) groups is 1. The van der Waals surface area contributed by atoms with Crippen molar-refractivity contribution in [2.45, 2.75) is 12.8 Å². The summed E-state index contributed by atoms with van der Waals surface area (Å²) in [6.45, 7) is 0.438. The van der Waals surface area contributed by atoms with Crippen LogP contribution >= 0.6 is 11.6 Å². The number of hydrogen-bond acceptors (Lipinski definition) is 5. The molecule has 0 aliphatic heterocycles. The van der Waals surface area contributed by atoms with Crippen LogP contribution in [0.25, 0.3) is 22.6 Å². The first-order chi connectivity index (χ1) is 15.1. The number of rotatable bonds is 8. The molecule has 4 aromatic rings. The van der Waals surface area contributed by atoms with Crippen LogP contribution < -0.4 is 14.8 Å². The first-order valence-corrected chi connectivity index (χ1v) is 10.2. The van der Waals surface area contributed by atoms with Gasteiger partial charge in [0.25, 0.3) is 0 Å². The lowest BCUT2D eigenvalue weighted by atomic mass is 10.1. The van der Waals surface area contributed by atoms with E-state index in [0.29, 0.717) is 52.7 Å². The molecule has 1 heterocycles. The van der Waals surface area contributed by atoms with Crippen molar-refractivity contribution < 1.29 is 18.7 Å². The second-order valence-electron chi connectivity index (χ2n) is 6.85. The normalized spacial score (nSPS) is 10.8. The summed E-state index contributed by atoms with van der Waals surface area (Å²) in [5.74, 6) is 1.83. The largest absolute Gasteiger partial charge is 0.497 e. The fourth-order valence-electron chi connectivity index (χ4n) is 3.10. The van der Waals surface area contributed by atoms with E-state index in [0.717, 1.165) is 11.5 Å². The highest BCUT2D eigenvalue weighted by Gasteiger charge is 2.14. The van der Waals surface area contributed by atoms with Crippen molar-refractivity contribution in [3.8, 4) is 23.0 Å². The first-order valence-electron chi connectivity index (χ1n) is 9.84. The second kappa shape index (κ2) is 9.53. The predicted molar refractivity (Wildman–Crippen MR) is 121 cm³/mol. The van der Waals surface area contributed by atoms with Gasteiger partial charge in [0.1, 0.15) is 17.0 Å². The van der Waals surface area contributed by atoms with Gasteiger partial charge in [-0.15, -0.1) is 0 Å². The van der Waals surface area contributed by atoms with Crippen LogP contribution in [0.5, 0.6) is 11.5 Å². The third-order valence-electron chi connectivity index (χ3n) is 4.66. The highest BCUT2D eigenvalue weighted by Crippen LogP contribution is 2.31. The summed E-state index contributed by atoms with van der Waals surface area (Å²) < 4.78 is 16.6. The van der Waals surface area contributed by atoms with E-state index in [9.17, 15) is 4.79 Å². The Balaban J connectivity index is 1.36. The minimum absolute atomic E-state index is 0.107. The van der Waals surface area contributed by atoms with Crippen LogP contribution in [0, 0.1) is 0 Å². The van der Waals surface area contributed by atoms with Gasteiger partial charge in [0.15, 0.2) is 5.58 Å². The van der Waals surface area contributed by atoms with Gasteiger partial charge in [-0.1, -0.05) is 23.7 Å². The van der Waals surface area contributed by atoms with Crippen molar-refractivity contribution in [2.75, 3.05) is 19.0 Å². The summed E-state index contributed by atoms with van der Waals surface area (Å²) >= 11 is 6.03. The van der Waals surface area contributed by atoms with Gasteiger partial charge in [0.2, 0.25) is 11.8 Å². The topological polar surface area (TPSA) is 73.6 Å². The molecule has 0 bridgehead atoms. The molecule has 0 atom stereocenters. The highest BCUT2D eigenvalue weighted by atomic mass is 35.5. The van der Waals surface area contributed by atoms with Gasteiger partial charge in [-0.05, 0) is 61.0 Å². The zero-order chi connectivity index (χ0) is 21.6. The molecule has 31 heavy (non-hydrogen) atoms. The van der Waals surface area contributed by atoms with Crippen molar-refractivity contribution in [1.29, 1.82) is 0 Å². The van der Waals surface area contributed by atoms with Crippen molar-refractivity contribution in [3.63, 3.8) is 0 Å². The standard InChI is InChI=1S/C24H21ClN2O4/c1-29-17-9-11-18(12-10-17)30-14-4-7-23(28)26-20-6-3-2-5-19(20)24-27-21-15-16(25)8-13-22(21)31-24/h2-3,5-6,8-13,15H,4,7,14H2,1H3,(H,26,28). The SMILES string of the molecule is COc1ccc(OCCCC(=O)Nc2ccccc2-c2nc3cc(Cl)ccc3o2)cc1. The molecule has 0 unspecified atom stereocenters. The number of nitrogens with one attached hydrogen (secondary N) is 1. The van der Waals surface area contributed by atoms with E-state index in [4.69, 9.17) is 25.5 Å². The molecule has 158 valence electrons. The van der Waals surface area contributed by atoms with Crippen molar-refractivity contribution >= 4 is 34.3 Å². The Labute approximate surface area is 184 Å². The predicted octanol–water partition coefficient (Wildman–Crippen LogP) is 5.95. The Kier molecular flexibility index (Phi) is 6.38. The number of oxazole rings is 1. The van der Waals surface area contributed by atoms with Crippen LogP contribution in [0.2, 0.25) is 5.02 Å². The molecule has 0 saturated heterocycles. The number of carbonyl (C=O) groups excluding carboxylic acids is 1. The maximum Gasteiger partial charge on any atom is 0.229 e. The fourth-order valence-corrected chi connectivity index (χ4v) is 3.27. The molecule has 1 aromatic heterocycles. The molecule has 1 amide bonds. The molecule has 0 spiro atoms. The third kappa shape index (κ3) is 5.16. The smallest absolute Gasteiger partial charge is 0.229 e. The molecule has 0 aliphatic rings. The summed E-state index contributed by atoms with van der Waals surface area (Å²) in [5, 5.41) is 3.53. The van der Waals surface area contributed by atoms with Gasteiger partial charge >= 0.3 is 0 Å². The van der Waals surface area contributed by atoms with Crippen LogP contribution in [0.1, 0.15) is 12.8 Å². The van der Waals surface area contributed by atoms with Gasteiger partial charge in [-0.25, -0.2) is 4.98 Å². The maximum absolute atomic E-state index is 12.5. The summed E-state index contributed by atoms with van der Waals surface area (Å²) in [5.41, 5.74) is 2.65. The number of anilines is 1. The lowest BCUT2D eigenvalue weighted by Gasteiger charge is -2.10. The summed E-state index contributed by atoms with van der Waals surface area (Å²) in [4.78, 5) is 17.0. The molecule has 0 aliphatic carbocycles. The quantitative estimate of drug-likeness (QED) is 0.345. The molecular formula is C24H21ClN2O4. The van der Waals surface area contributed by atoms with E-state index in [1.807, 2.05) is 48.5 Å². The number of para-hydroxylation sites is 1. The number of amides is 1. The minimum Gasteiger partial charge on any atom is -0.497 e. The Hall–Kier alpha value is -3.51. The number of benzene rings is 3. The van der Waals surface area contributed by atoms with Crippen LogP contribution in [-0.2, 0) is 4.79 Å². The first kappa shape index (κ1) is 20.8. The van der Waals surface area contributed by atoms with E-state index in [-0.39, 0.29) is 5.91 Å². The minimum atomic E-state index is -0.107. The third-order valence-corrected chi connectivity index (χ3v) is 4.89. The van der Waals surface area contributed by atoms with Gasteiger partial charge in [-0.2, -0.15) is 0 Å². The van der Waals surface area contributed by atoms with E-state index < -0.39 is 0 Å². The van der Waals surface area contributed by atoms with E-state index in [1.54, 1.807) is 25.3 Å². The van der Waals surface area contributed by atoms with Gasteiger partial charge in [-0.3, -0.25) is 4.79 Å². The monoisotopic (exact) mass is 436 g/mol. The van der Waals surface area contributed by atoms with Gasteiger partial charge < -0.3 is 19.2 Å². The van der Waals surface area contributed by atoms with Crippen molar-refractivity contribution in [1.82, 2.24) is 4.98 Å². The summed E-state index contributed by atoms with van der Waals surface area (Å²) in [6, 6.07) is 20.0. The molecular weight excluding hydrogens is 416 g/mol. The lowest BCUT2D eigenvalue weighted by Crippen LogP contribution is -2.13. The zero-order valence-electron chi connectivity index (χ0n) is 16.9. The van der Waals surface area contributed by atoms with Crippen molar-refractivity contribution in [2.24, 2.45) is 0 Å². The summed E-state index contributed by atoms with van der Waals surface area (Å²) in [6.07, 6.45) is 0.912. The Morgan fingerprint density at radius 2 is 1.84 bits per heavy atom. The fraction of sp³-hybridized carbons (Fsp3) is 0.167. The van der Waals surface area contributed by atoms with Crippen LogP contribution in [0.4, 0.5) is 5.69 Å². The van der Waals surface area contributed by atoms with Crippen LogP contribution in [-0.4, -0.2) is 24.6 Å². The molecule has 1 N–H and O–H groups in total. The number of nitrogens with zero attached hydrogens (tertiary/aromatic N) is 1. The van der Waals surface area contributed by atoms with Crippen molar-refractivity contribution in [3.05, 3.63) is 71.8 Å². The van der Waals surface area contributed by atoms with Gasteiger partial charge in [0, 0.05) is 11.4 Å². The molecule has 0 fully saturated rings. The number of hydrogen-bond donors (Lipinski definition) is 1. The van der Waals surface area contributed by atoms with E-state index >= 15 is 0 Å². The molecule has 0 radical (unpaired) electrons. The number of halogens is 1. The molecule has 4 rings (SSSR count). The molecule has 0 saturated carbocycles. The zero-order valence-corrected chi connectivity index (χ0v) is 17.7.